The molecule has 0 amide bonds. The molecule has 17 rings (SSSR count). The van der Waals surface area contributed by atoms with E-state index in [-0.39, 0.29) is 89.5 Å². The summed E-state index contributed by atoms with van der Waals surface area (Å²) in [7, 11) is 0. The second kappa shape index (κ2) is 17.1. The van der Waals surface area contributed by atoms with Gasteiger partial charge in [-0.15, -0.1) is 22.7 Å². The van der Waals surface area contributed by atoms with Gasteiger partial charge in [0.05, 0.1) is 76.9 Å². The molecule has 0 saturated heterocycles. The monoisotopic (exact) mass is 1060 g/mol. The van der Waals surface area contributed by atoms with Crippen LogP contribution in [0.25, 0.3) is 166 Å². The molecule has 0 saturated carbocycles. The van der Waals surface area contributed by atoms with Crippen LogP contribution in [0.4, 0.5) is 5.69 Å². The van der Waals surface area contributed by atoms with Gasteiger partial charge in [0.15, 0.2) is 0 Å². The van der Waals surface area contributed by atoms with Gasteiger partial charge in [-0.25, -0.2) is 4.85 Å². The molecule has 0 aliphatic heterocycles. The summed E-state index contributed by atoms with van der Waals surface area (Å²) in [4.78, 5) is 4.44. The van der Waals surface area contributed by atoms with Gasteiger partial charge >= 0.3 is 0 Å². The third-order valence-corrected chi connectivity index (χ3v) is 18.2. The molecular formula is C74H40N4S2. The molecule has 80 heavy (non-hydrogen) atoms. The lowest BCUT2D eigenvalue weighted by atomic mass is 9.88. The van der Waals surface area contributed by atoms with Crippen molar-refractivity contribution >= 4 is 134 Å². The Hall–Kier alpha value is -10.3. The van der Waals surface area contributed by atoms with E-state index >= 15 is 0 Å². The number of fused-ring (bicyclic) bond motifs is 14. The lowest BCUT2D eigenvalue weighted by molar-refractivity contribution is 1.14. The standard InChI is InChI=1S/C74H40N4S2/c1-76-66-62(45-24-10-4-11-25-45)59(42-75)67(63(46-26-12-5-13-27-46)70(66)77-60-36-18-32-51-49-28-14-15-29-50(49)52-33-19-37-61(77)65(52)64(51)60)78-68-53(38-40-57-55-34-16-30-47(71(55)79-73(57)68)43-20-6-2-7-21-43)54-39-41-58-56-35-17-31-48(44-22-8-3-9-23-44)72(56)80-74(58)69(54)78/h2-41H/i2D,3D,6D,7D,8D,9D,18D,19D,20D,21D,22D,23D,32D,33D,36D,37D. The molecule has 0 bridgehead atoms. The Morgan fingerprint density at radius 1 is 0.388 bits per heavy atom. The molecule has 0 atom stereocenters. The molecule has 368 valence electrons. The normalized spacial score (nSPS) is 14.8. The van der Waals surface area contributed by atoms with Crippen molar-refractivity contribution in [2.75, 3.05) is 0 Å². The summed E-state index contributed by atoms with van der Waals surface area (Å²) in [6.07, 6.45) is 0. The molecule has 0 fully saturated rings. The van der Waals surface area contributed by atoms with E-state index in [0.29, 0.717) is 95.2 Å². The van der Waals surface area contributed by atoms with Crippen LogP contribution in [0.2, 0.25) is 0 Å². The average molecular weight is 1070 g/mol. The topological polar surface area (TPSA) is 38.0 Å². The first kappa shape index (κ1) is 31.8. The molecule has 0 aliphatic rings. The van der Waals surface area contributed by atoms with Gasteiger partial charge in [0.2, 0.25) is 5.69 Å². The Morgan fingerprint density at radius 2 is 0.838 bits per heavy atom. The number of benzene rings is 13. The van der Waals surface area contributed by atoms with Gasteiger partial charge in [-0.2, -0.15) is 5.26 Å². The average Bonchev–Trinajstić information content (AvgIpc) is 1.50. The van der Waals surface area contributed by atoms with Crippen LogP contribution in [-0.2, 0) is 0 Å². The Balaban J connectivity index is 1.17. The highest BCUT2D eigenvalue weighted by Gasteiger charge is 2.34. The number of aromatic nitrogens is 2. The van der Waals surface area contributed by atoms with Gasteiger partial charge in [-0.3, -0.25) is 0 Å². The van der Waals surface area contributed by atoms with Gasteiger partial charge < -0.3 is 9.13 Å². The summed E-state index contributed by atoms with van der Waals surface area (Å²) in [6.45, 7) is 9.60. The van der Waals surface area contributed by atoms with Crippen LogP contribution in [0.1, 0.15) is 27.5 Å². The van der Waals surface area contributed by atoms with Crippen molar-refractivity contribution < 1.29 is 21.9 Å². The van der Waals surface area contributed by atoms with Crippen molar-refractivity contribution in [3.8, 4) is 62.0 Å². The first-order valence-corrected chi connectivity index (χ1v) is 27.2. The van der Waals surface area contributed by atoms with Gasteiger partial charge in [0, 0.05) is 63.6 Å². The second-order valence-corrected chi connectivity index (χ2v) is 21.6. The molecule has 4 nitrogen and oxygen atoms in total. The summed E-state index contributed by atoms with van der Waals surface area (Å²) in [5, 5.41) is 18.7. The summed E-state index contributed by atoms with van der Waals surface area (Å²) < 4.78 is 154. The predicted octanol–water partition coefficient (Wildman–Crippen LogP) is 21.5. The summed E-state index contributed by atoms with van der Waals surface area (Å²) in [5.74, 6) is 0. The van der Waals surface area contributed by atoms with Crippen LogP contribution in [0, 0.1) is 17.9 Å². The Morgan fingerprint density at radius 3 is 1.32 bits per heavy atom. The van der Waals surface area contributed by atoms with E-state index in [4.69, 9.17) is 8.22 Å². The molecule has 0 radical (unpaired) electrons. The molecule has 0 unspecified atom stereocenters. The summed E-state index contributed by atoms with van der Waals surface area (Å²) in [5.41, 5.74) is 3.24. The maximum atomic E-state index is 12.6. The van der Waals surface area contributed by atoms with Crippen molar-refractivity contribution in [3.63, 3.8) is 0 Å². The zero-order chi connectivity index (χ0) is 66.7. The third-order valence-electron chi connectivity index (χ3n) is 15.6. The molecule has 0 spiro atoms. The van der Waals surface area contributed by atoms with Gasteiger partial charge in [-0.05, 0) is 67.0 Å². The smallest absolute Gasteiger partial charge is 0.220 e. The lowest BCUT2D eigenvalue weighted by Gasteiger charge is -2.26. The number of hydrogen-bond acceptors (Lipinski definition) is 3. The summed E-state index contributed by atoms with van der Waals surface area (Å²) in [6, 6.07) is 39.4. The Bertz CT molecular complexity index is 6190. The van der Waals surface area contributed by atoms with E-state index in [1.165, 1.54) is 22.7 Å². The zero-order valence-corrected chi connectivity index (χ0v) is 43.1. The first-order valence-electron chi connectivity index (χ1n) is 33.5. The minimum atomic E-state index is -0.544. The van der Waals surface area contributed by atoms with E-state index in [2.05, 4.69) is 10.9 Å². The second-order valence-electron chi connectivity index (χ2n) is 19.5. The number of nitriles is 1. The zero-order valence-electron chi connectivity index (χ0n) is 57.5. The number of nitrogens with zero attached hydrogens (tertiary/aromatic N) is 4. The van der Waals surface area contributed by atoms with Crippen molar-refractivity contribution in [1.82, 2.24) is 9.13 Å². The maximum absolute atomic E-state index is 12.6. The molecule has 4 aromatic heterocycles. The SMILES string of the molecule is [2H]c1c([2H])c([2H])c(-c2cccc3c2sc2c3ccc3c4ccc5c6cccc(-c7c([2H])c([2H])c([2H])c([2H])c7[2H])c6sc5c4n(-c4c(C#N)c(-c5ccccc5)c([N+]#[C-])c(-n5c6c([2H])c([2H])c([2H])c7c8ccccc8c8c([2H])c([2H])c([2H])c5c8c76)c4-c4ccccc4)c32)c([2H])c1[2H]. The fraction of sp³-hybridized carbons (Fsp3) is 0. The first-order chi connectivity index (χ1) is 46.3. The molecule has 17 aromatic rings. The highest BCUT2D eigenvalue weighted by atomic mass is 32.1. The van der Waals surface area contributed by atoms with Crippen LogP contribution in [0.5, 0.6) is 0 Å². The molecule has 13 aromatic carbocycles. The van der Waals surface area contributed by atoms with Gasteiger partial charge in [0.25, 0.3) is 0 Å². The maximum Gasteiger partial charge on any atom is 0.220 e. The fourth-order valence-electron chi connectivity index (χ4n) is 12.5. The van der Waals surface area contributed by atoms with Crippen molar-refractivity contribution in [1.29, 1.82) is 5.26 Å². The molecule has 0 aliphatic carbocycles. The van der Waals surface area contributed by atoms with E-state index in [1.807, 2.05) is 59.2 Å². The minimum absolute atomic E-state index is 0.00401. The number of rotatable bonds is 6. The molecule has 6 heteroatoms. The van der Waals surface area contributed by atoms with Crippen molar-refractivity contribution in [2.45, 2.75) is 0 Å². The fourth-order valence-corrected chi connectivity index (χ4v) is 15.2. The van der Waals surface area contributed by atoms with Crippen LogP contribution >= 0.6 is 22.7 Å². The predicted molar refractivity (Wildman–Crippen MR) is 340 cm³/mol. The van der Waals surface area contributed by atoms with E-state index < -0.39 is 84.6 Å². The Kier molecular flexibility index (Phi) is 6.78. The summed E-state index contributed by atoms with van der Waals surface area (Å²) >= 11 is 2.64. The molecular weight excluding hydrogens is 1010 g/mol. The lowest BCUT2D eigenvalue weighted by Crippen LogP contribution is -2.09. The van der Waals surface area contributed by atoms with Crippen LogP contribution in [-0.4, -0.2) is 9.13 Å². The van der Waals surface area contributed by atoms with Crippen LogP contribution in [0.3, 0.4) is 0 Å². The van der Waals surface area contributed by atoms with E-state index in [9.17, 15) is 25.5 Å². The molecule has 4 heterocycles. The third kappa shape index (κ3) is 6.06. The number of thiophene rings is 2. The number of hydrogen-bond donors (Lipinski definition) is 0. The van der Waals surface area contributed by atoms with E-state index in [0.717, 1.165) is 0 Å². The van der Waals surface area contributed by atoms with Crippen LogP contribution < -0.4 is 0 Å². The van der Waals surface area contributed by atoms with Gasteiger partial charge in [0.1, 0.15) is 6.07 Å². The van der Waals surface area contributed by atoms with Gasteiger partial charge in [-0.1, -0.05) is 230 Å². The highest BCUT2D eigenvalue weighted by Crippen LogP contribution is 2.56. The largest absolute Gasteiger partial charge is 0.318 e. The van der Waals surface area contributed by atoms with E-state index in [1.54, 1.807) is 95.6 Å². The molecule has 0 N–H and O–H groups in total. The highest BCUT2D eigenvalue weighted by molar-refractivity contribution is 7.28. The minimum Gasteiger partial charge on any atom is -0.318 e. The van der Waals surface area contributed by atoms with Crippen molar-refractivity contribution in [2.24, 2.45) is 0 Å². The van der Waals surface area contributed by atoms with Crippen LogP contribution in [0.15, 0.2) is 242 Å². The van der Waals surface area contributed by atoms with Crippen molar-refractivity contribution in [3.05, 3.63) is 259 Å². The quantitative estimate of drug-likeness (QED) is 0.121. The Labute approximate surface area is 489 Å².